The lowest BCUT2D eigenvalue weighted by atomic mass is 9.97. The SMILES string of the molecule is C1CCN(CCCNC2CCN3CCCC3C2)C1. The first-order valence-electron chi connectivity index (χ1n) is 8.11. The van der Waals surface area contributed by atoms with Gasteiger partial charge in [-0.2, -0.15) is 0 Å². The molecule has 0 bridgehead atoms. The van der Waals surface area contributed by atoms with Crippen molar-refractivity contribution in [3.8, 4) is 0 Å². The summed E-state index contributed by atoms with van der Waals surface area (Å²) in [6.45, 7) is 7.95. The van der Waals surface area contributed by atoms with Crippen molar-refractivity contribution in [3.05, 3.63) is 0 Å². The number of piperidine rings is 1. The summed E-state index contributed by atoms with van der Waals surface area (Å²) < 4.78 is 0. The second-order valence-corrected chi connectivity index (χ2v) is 6.41. The van der Waals surface area contributed by atoms with E-state index in [2.05, 4.69) is 15.1 Å². The lowest BCUT2D eigenvalue weighted by Crippen LogP contribution is -2.46. The molecule has 2 atom stereocenters. The average molecular weight is 251 g/mol. The average Bonchev–Trinajstić information content (AvgIpc) is 3.05. The topological polar surface area (TPSA) is 18.5 Å². The highest BCUT2D eigenvalue weighted by atomic mass is 15.2. The third-order valence-electron chi connectivity index (χ3n) is 5.10. The molecule has 0 aromatic rings. The van der Waals surface area contributed by atoms with Crippen molar-refractivity contribution in [2.45, 2.75) is 57.0 Å². The number of rotatable bonds is 5. The Morgan fingerprint density at radius 3 is 2.72 bits per heavy atom. The van der Waals surface area contributed by atoms with Crippen LogP contribution < -0.4 is 5.32 Å². The van der Waals surface area contributed by atoms with Gasteiger partial charge >= 0.3 is 0 Å². The molecule has 18 heavy (non-hydrogen) atoms. The van der Waals surface area contributed by atoms with Crippen LogP contribution in [-0.2, 0) is 0 Å². The number of hydrogen-bond acceptors (Lipinski definition) is 3. The number of hydrogen-bond donors (Lipinski definition) is 1. The van der Waals surface area contributed by atoms with Gasteiger partial charge in [0, 0.05) is 12.1 Å². The molecule has 3 heteroatoms. The van der Waals surface area contributed by atoms with Crippen LogP contribution in [0.1, 0.15) is 44.9 Å². The van der Waals surface area contributed by atoms with Crippen molar-refractivity contribution in [2.24, 2.45) is 0 Å². The van der Waals surface area contributed by atoms with Gasteiger partial charge in [-0.1, -0.05) is 0 Å². The highest BCUT2D eigenvalue weighted by molar-refractivity contribution is 4.89. The summed E-state index contributed by atoms with van der Waals surface area (Å²) >= 11 is 0. The zero-order chi connectivity index (χ0) is 12.2. The molecule has 0 saturated carbocycles. The quantitative estimate of drug-likeness (QED) is 0.750. The first-order valence-corrected chi connectivity index (χ1v) is 8.11. The minimum absolute atomic E-state index is 0.808. The summed E-state index contributed by atoms with van der Waals surface area (Å²) in [6, 6.07) is 1.72. The third-order valence-corrected chi connectivity index (χ3v) is 5.10. The Morgan fingerprint density at radius 1 is 0.944 bits per heavy atom. The maximum Gasteiger partial charge on any atom is 0.0111 e. The lowest BCUT2D eigenvalue weighted by molar-refractivity contribution is 0.166. The Balaban J connectivity index is 1.29. The van der Waals surface area contributed by atoms with Gasteiger partial charge in [0.1, 0.15) is 0 Å². The monoisotopic (exact) mass is 251 g/mol. The van der Waals surface area contributed by atoms with Gasteiger partial charge in [0.15, 0.2) is 0 Å². The van der Waals surface area contributed by atoms with Gasteiger partial charge < -0.3 is 15.1 Å². The van der Waals surface area contributed by atoms with E-state index in [9.17, 15) is 0 Å². The van der Waals surface area contributed by atoms with E-state index in [0.717, 1.165) is 12.1 Å². The fraction of sp³-hybridized carbons (Fsp3) is 1.00. The van der Waals surface area contributed by atoms with Crippen molar-refractivity contribution in [1.29, 1.82) is 0 Å². The highest BCUT2D eigenvalue weighted by Crippen LogP contribution is 2.26. The van der Waals surface area contributed by atoms with E-state index in [1.807, 2.05) is 0 Å². The summed E-state index contributed by atoms with van der Waals surface area (Å²) in [4.78, 5) is 5.34. The molecular weight excluding hydrogens is 222 g/mol. The molecule has 0 aromatic heterocycles. The van der Waals surface area contributed by atoms with Crippen LogP contribution in [0.2, 0.25) is 0 Å². The number of likely N-dealkylation sites (tertiary alicyclic amines) is 1. The molecule has 2 unspecified atom stereocenters. The zero-order valence-corrected chi connectivity index (χ0v) is 11.7. The summed E-state index contributed by atoms with van der Waals surface area (Å²) in [5.74, 6) is 0. The minimum atomic E-state index is 0.808. The summed E-state index contributed by atoms with van der Waals surface area (Å²) in [6.07, 6.45) is 9.86. The Hall–Kier alpha value is -0.120. The standard InChI is InChI=1S/C15H29N3/c1-2-9-17(8-1)10-4-7-16-14-6-12-18-11-3-5-15(18)13-14/h14-16H,1-13H2. The Labute approximate surface area is 112 Å². The summed E-state index contributed by atoms with van der Waals surface area (Å²) in [5, 5.41) is 3.80. The van der Waals surface area contributed by atoms with Gasteiger partial charge in [0.2, 0.25) is 0 Å². The first-order chi connectivity index (χ1) is 8.92. The molecule has 3 saturated heterocycles. The van der Waals surface area contributed by atoms with Crippen LogP contribution in [0.4, 0.5) is 0 Å². The van der Waals surface area contributed by atoms with Crippen LogP contribution in [0.3, 0.4) is 0 Å². The molecule has 3 nitrogen and oxygen atoms in total. The van der Waals surface area contributed by atoms with Crippen LogP contribution in [0.5, 0.6) is 0 Å². The second kappa shape index (κ2) is 6.36. The van der Waals surface area contributed by atoms with Crippen molar-refractivity contribution in [1.82, 2.24) is 15.1 Å². The van der Waals surface area contributed by atoms with Crippen molar-refractivity contribution in [2.75, 3.05) is 39.3 Å². The van der Waals surface area contributed by atoms with E-state index in [1.54, 1.807) is 0 Å². The minimum Gasteiger partial charge on any atom is -0.314 e. The van der Waals surface area contributed by atoms with Gasteiger partial charge in [-0.3, -0.25) is 0 Å². The van der Waals surface area contributed by atoms with Crippen LogP contribution in [0, 0.1) is 0 Å². The molecule has 0 amide bonds. The number of nitrogens with one attached hydrogen (secondary N) is 1. The molecule has 0 radical (unpaired) electrons. The molecule has 3 fully saturated rings. The molecular formula is C15H29N3. The molecule has 3 aliphatic rings. The fourth-order valence-electron chi connectivity index (χ4n) is 4.02. The van der Waals surface area contributed by atoms with Gasteiger partial charge in [-0.15, -0.1) is 0 Å². The lowest BCUT2D eigenvalue weighted by Gasteiger charge is -2.35. The van der Waals surface area contributed by atoms with Gasteiger partial charge in [0.25, 0.3) is 0 Å². The molecule has 0 spiro atoms. The van der Waals surface area contributed by atoms with Crippen LogP contribution >= 0.6 is 0 Å². The smallest absolute Gasteiger partial charge is 0.0111 e. The summed E-state index contributed by atoms with van der Waals surface area (Å²) in [7, 11) is 0. The van der Waals surface area contributed by atoms with E-state index in [1.165, 1.54) is 84.2 Å². The molecule has 0 aromatic carbocycles. The molecule has 104 valence electrons. The second-order valence-electron chi connectivity index (χ2n) is 6.41. The summed E-state index contributed by atoms with van der Waals surface area (Å²) in [5.41, 5.74) is 0. The van der Waals surface area contributed by atoms with Gasteiger partial charge in [-0.25, -0.2) is 0 Å². The van der Waals surface area contributed by atoms with Gasteiger partial charge in [0.05, 0.1) is 0 Å². The Kier molecular flexibility index (Phi) is 4.55. The molecule has 3 aliphatic heterocycles. The van der Waals surface area contributed by atoms with Gasteiger partial charge in [-0.05, 0) is 84.2 Å². The molecule has 3 heterocycles. The normalized spacial score (nSPS) is 34.0. The number of fused-ring (bicyclic) bond motifs is 1. The van der Waals surface area contributed by atoms with E-state index >= 15 is 0 Å². The fourth-order valence-corrected chi connectivity index (χ4v) is 4.02. The highest BCUT2D eigenvalue weighted by Gasteiger charge is 2.31. The van der Waals surface area contributed by atoms with Crippen molar-refractivity contribution in [3.63, 3.8) is 0 Å². The van der Waals surface area contributed by atoms with E-state index < -0.39 is 0 Å². The molecule has 3 rings (SSSR count). The largest absolute Gasteiger partial charge is 0.314 e. The number of nitrogens with zero attached hydrogens (tertiary/aromatic N) is 2. The third kappa shape index (κ3) is 3.25. The predicted octanol–water partition coefficient (Wildman–Crippen LogP) is 1.69. The van der Waals surface area contributed by atoms with Crippen LogP contribution in [0.15, 0.2) is 0 Å². The molecule has 0 aliphatic carbocycles. The Bertz CT molecular complexity index is 250. The van der Waals surface area contributed by atoms with Crippen LogP contribution in [0.25, 0.3) is 0 Å². The van der Waals surface area contributed by atoms with Crippen molar-refractivity contribution < 1.29 is 0 Å². The van der Waals surface area contributed by atoms with Crippen LogP contribution in [-0.4, -0.2) is 61.2 Å². The Morgan fingerprint density at radius 2 is 1.83 bits per heavy atom. The molecule has 1 N–H and O–H groups in total. The van der Waals surface area contributed by atoms with Crippen molar-refractivity contribution >= 4 is 0 Å². The maximum atomic E-state index is 3.80. The first kappa shape index (κ1) is 12.9. The van der Waals surface area contributed by atoms with E-state index in [-0.39, 0.29) is 0 Å². The zero-order valence-electron chi connectivity index (χ0n) is 11.7. The maximum absolute atomic E-state index is 3.80. The predicted molar refractivity (Wildman–Crippen MR) is 75.9 cm³/mol. The van der Waals surface area contributed by atoms with E-state index in [0.29, 0.717) is 0 Å². The van der Waals surface area contributed by atoms with E-state index in [4.69, 9.17) is 0 Å².